The topological polar surface area (TPSA) is 83.8 Å². The number of aliphatic carboxylic acids is 1. The molecule has 0 radical (unpaired) electrons. The average molecular weight is 202 g/mol. The van der Waals surface area contributed by atoms with Crippen molar-refractivity contribution in [3.05, 3.63) is 11.6 Å². The molecule has 0 amide bonds. The van der Waals surface area contributed by atoms with Gasteiger partial charge < -0.3 is 5.11 Å². The van der Waals surface area contributed by atoms with E-state index < -0.39 is 17.4 Å². The van der Waals surface area contributed by atoms with Crippen molar-refractivity contribution in [1.29, 1.82) is 0 Å². The highest BCUT2D eigenvalue weighted by molar-refractivity contribution is 5.96. The molecule has 0 aromatic heterocycles. The second-order valence-electron chi connectivity index (χ2n) is 3.51. The molecule has 0 aromatic rings. The van der Waals surface area contributed by atoms with E-state index in [0.29, 0.717) is 6.42 Å². The molecule has 0 aromatic carbocycles. The van der Waals surface area contributed by atoms with Gasteiger partial charge >= 0.3 is 11.9 Å². The maximum Gasteiger partial charge on any atom is 0.366 e. The Morgan fingerprint density at radius 1 is 1.43 bits per heavy atom. The number of hydrogen-bond donors (Lipinski definition) is 2. The number of rotatable bonds is 4. The summed E-state index contributed by atoms with van der Waals surface area (Å²) in [5, 5.41) is 16.8. The highest BCUT2D eigenvalue weighted by Crippen LogP contribution is 2.29. The molecule has 0 aliphatic rings. The smallest absolute Gasteiger partial charge is 0.366 e. The number of carboxylic acid groups (broad SMARTS) is 1. The van der Waals surface area contributed by atoms with E-state index in [1.807, 2.05) is 0 Å². The van der Waals surface area contributed by atoms with Crippen LogP contribution >= 0.6 is 0 Å². The molecule has 0 saturated carbocycles. The van der Waals surface area contributed by atoms with Crippen LogP contribution in [0.4, 0.5) is 0 Å². The Kier molecular flexibility index (Phi) is 4.30. The van der Waals surface area contributed by atoms with Gasteiger partial charge in [-0.1, -0.05) is 20.8 Å². The van der Waals surface area contributed by atoms with E-state index in [2.05, 4.69) is 4.89 Å². The van der Waals surface area contributed by atoms with Crippen LogP contribution in [0.1, 0.15) is 27.2 Å². The fraction of sp³-hybridized carbons (Fsp3) is 0.556. The molecule has 80 valence electrons. The van der Waals surface area contributed by atoms with Crippen molar-refractivity contribution >= 4 is 11.9 Å². The molecule has 5 heteroatoms. The van der Waals surface area contributed by atoms with Crippen molar-refractivity contribution in [2.24, 2.45) is 5.41 Å². The molecule has 5 nitrogen and oxygen atoms in total. The van der Waals surface area contributed by atoms with Gasteiger partial charge in [-0.3, -0.25) is 4.89 Å². The zero-order valence-electron chi connectivity index (χ0n) is 8.40. The van der Waals surface area contributed by atoms with Gasteiger partial charge in [0.05, 0.1) is 0 Å². The van der Waals surface area contributed by atoms with E-state index >= 15 is 0 Å². The van der Waals surface area contributed by atoms with Gasteiger partial charge in [-0.25, -0.2) is 9.59 Å². The van der Waals surface area contributed by atoms with E-state index in [4.69, 9.17) is 10.4 Å². The first-order valence-corrected chi connectivity index (χ1v) is 4.16. The normalized spacial score (nSPS) is 12.4. The summed E-state index contributed by atoms with van der Waals surface area (Å²) in [6, 6.07) is 0. The van der Waals surface area contributed by atoms with Gasteiger partial charge in [0.25, 0.3) is 0 Å². The number of carboxylic acids is 1. The van der Waals surface area contributed by atoms with Crippen molar-refractivity contribution in [2.75, 3.05) is 0 Å². The lowest BCUT2D eigenvalue weighted by molar-refractivity contribution is -0.228. The quantitative estimate of drug-likeness (QED) is 0.409. The van der Waals surface area contributed by atoms with Crippen LogP contribution in [0.2, 0.25) is 0 Å². The van der Waals surface area contributed by atoms with Crippen LogP contribution in [-0.2, 0) is 14.5 Å². The lowest BCUT2D eigenvalue weighted by Gasteiger charge is -2.22. The van der Waals surface area contributed by atoms with Crippen LogP contribution in [0.3, 0.4) is 0 Å². The van der Waals surface area contributed by atoms with Crippen molar-refractivity contribution in [3.63, 3.8) is 0 Å². The third kappa shape index (κ3) is 3.18. The van der Waals surface area contributed by atoms with E-state index in [9.17, 15) is 9.59 Å². The van der Waals surface area contributed by atoms with E-state index in [1.165, 1.54) is 0 Å². The highest BCUT2D eigenvalue weighted by atomic mass is 17.1. The minimum atomic E-state index is -1.19. The Labute approximate surface area is 81.9 Å². The predicted molar refractivity (Wildman–Crippen MR) is 48.5 cm³/mol. The van der Waals surface area contributed by atoms with Crippen molar-refractivity contribution in [1.82, 2.24) is 0 Å². The first-order valence-electron chi connectivity index (χ1n) is 4.16. The third-order valence-electron chi connectivity index (χ3n) is 2.20. The molecule has 2 N–H and O–H groups in total. The summed E-state index contributed by atoms with van der Waals surface area (Å²) in [4.78, 5) is 24.9. The van der Waals surface area contributed by atoms with Gasteiger partial charge in [0.1, 0.15) is 0 Å². The van der Waals surface area contributed by atoms with E-state index in [0.717, 1.165) is 6.08 Å². The van der Waals surface area contributed by atoms with Gasteiger partial charge in [0, 0.05) is 11.6 Å². The largest absolute Gasteiger partial charge is 0.478 e. The molecule has 0 fully saturated rings. The van der Waals surface area contributed by atoms with Crippen LogP contribution in [0.25, 0.3) is 0 Å². The number of hydrogen-bond acceptors (Lipinski definition) is 4. The van der Waals surface area contributed by atoms with Crippen LogP contribution in [0.5, 0.6) is 0 Å². The molecule has 0 aliphatic carbocycles. The summed E-state index contributed by atoms with van der Waals surface area (Å²) < 4.78 is 0. The standard InChI is InChI=1S/C9H14O5/c1-4-9(2,3)6(8(11)12)5-7(10)14-13/h5,13H,4H2,1-3H3,(H,11,12)/b6-5+. The van der Waals surface area contributed by atoms with Crippen molar-refractivity contribution < 1.29 is 24.8 Å². The molecule has 0 atom stereocenters. The monoisotopic (exact) mass is 202 g/mol. The summed E-state index contributed by atoms with van der Waals surface area (Å²) in [5.41, 5.74) is -0.723. The van der Waals surface area contributed by atoms with Crippen LogP contribution in [-0.4, -0.2) is 22.3 Å². The summed E-state index contributed by atoms with van der Waals surface area (Å²) in [6.07, 6.45) is 1.34. The molecular formula is C9H14O5. The van der Waals surface area contributed by atoms with Gasteiger partial charge in [-0.05, 0) is 11.8 Å². The first kappa shape index (κ1) is 12.6. The summed E-state index contributed by atoms with van der Waals surface area (Å²) >= 11 is 0. The molecule has 0 aliphatic heterocycles. The fourth-order valence-electron chi connectivity index (χ4n) is 0.881. The summed E-state index contributed by atoms with van der Waals surface area (Å²) in [6.45, 7) is 5.19. The minimum Gasteiger partial charge on any atom is -0.478 e. The Balaban J connectivity index is 5.06. The SMILES string of the molecule is CCC(C)(C)/C(=C/C(=O)OO)C(=O)O. The third-order valence-corrected chi connectivity index (χ3v) is 2.20. The maximum atomic E-state index is 10.8. The molecule has 14 heavy (non-hydrogen) atoms. The Morgan fingerprint density at radius 2 is 1.93 bits per heavy atom. The minimum absolute atomic E-state index is 0.0842. The van der Waals surface area contributed by atoms with Gasteiger partial charge in [-0.2, -0.15) is 5.26 Å². The first-order chi connectivity index (χ1) is 6.35. The molecule has 0 heterocycles. The van der Waals surface area contributed by atoms with Crippen LogP contribution < -0.4 is 0 Å². The van der Waals surface area contributed by atoms with E-state index in [-0.39, 0.29) is 5.57 Å². The molecule has 0 rings (SSSR count). The van der Waals surface area contributed by atoms with Gasteiger partial charge in [0.2, 0.25) is 0 Å². The second kappa shape index (κ2) is 4.76. The molecule has 0 spiro atoms. The Morgan fingerprint density at radius 3 is 2.21 bits per heavy atom. The molecule has 0 bridgehead atoms. The maximum absolute atomic E-state index is 10.8. The molecule has 0 unspecified atom stereocenters. The number of carbonyl (C=O) groups is 2. The van der Waals surface area contributed by atoms with Crippen molar-refractivity contribution in [3.8, 4) is 0 Å². The lowest BCUT2D eigenvalue weighted by Crippen LogP contribution is -2.21. The number of carbonyl (C=O) groups excluding carboxylic acids is 1. The fourth-order valence-corrected chi connectivity index (χ4v) is 0.881. The molecule has 0 saturated heterocycles. The zero-order chi connectivity index (χ0) is 11.4. The van der Waals surface area contributed by atoms with Crippen LogP contribution in [0.15, 0.2) is 11.6 Å². The Hall–Kier alpha value is -1.36. The second-order valence-corrected chi connectivity index (χ2v) is 3.51. The lowest BCUT2D eigenvalue weighted by atomic mass is 9.81. The Bertz CT molecular complexity index is 264. The van der Waals surface area contributed by atoms with Crippen LogP contribution in [0, 0.1) is 5.41 Å². The van der Waals surface area contributed by atoms with Crippen molar-refractivity contribution in [2.45, 2.75) is 27.2 Å². The van der Waals surface area contributed by atoms with E-state index in [1.54, 1.807) is 20.8 Å². The molecular weight excluding hydrogens is 188 g/mol. The average Bonchev–Trinajstić information content (AvgIpc) is 2.12. The predicted octanol–water partition coefficient (Wildman–Crippen LogP) is 1.45. The van der Waals surface area contributed by atoms with Gasteiger partial charge in [-0.15, -0.1) is 0 Å². The van der Waals surface area contributed by atoms with Gasteiger partial charge in [0.15, 0.2) is 0 Å². The highest BCUT2D eigenvalue weighted by Gasteiger charge is 2.27. The zero-order valence-corrected chi connectivity index (χ0v) is 8.40. The summed E-state index contributed by atoms with van der Waals surface area (Å²) in [5.74, 6) is -2.27. The summed E-state index contributed by atoms with van der Waals surface area (Å²) in [7, 11) is 0.